The molecular weight excluding hydrogens is 688 g/mol. The monoisotopic (exact) mass is 723 g/mol. The number of fused-ring (bicyclic) bond motifs is 6. The lowest BCUT2D eigenvalue weighted by atomic mass is 9.89. The lowest BCUT2D eigenvalue weighted by Crippen LogP contribution is -2.06. The van der Waals surface area contributed by atoms with Crippen LogP contribution in [0.5, 0.6) is 0 Å². The van der Waals surface area contributed by atoms with Crippen LogP contribution >= 0.6 is 0 Å². The average Bonchev–Trinajstić information content (AvgIpc) is 3.64. The van der Waals surface area contributed by atoms with Crippen LogP contribution in [0.2, 0.25) is 0 Å². The van der Waals surface area contributed by atoms with E-state index in [0.717, 1.165) is 77.2 Å². The van der Waals surface area contributed by atoms with Gasteiger partial charge in [-0.1, -0.05) is 76.9 Å². The second-order valence-corrected chi connectivity index (χ2v) is 14.8. The molecule has 0 spiro atoms. The standard InChI is InChI=1S/C49H36F3N3/c1-28-13-17-41-36(23-28)37-24-29(2)14-18-42(37)54(41)45-11-7-9-35(33-21-32(5)22-34(27-33)49(50,51)52)47(45)48-40(53-6)10-8-12-46(48)55-43-19-15-30(3)25-38(43)39-26-31(4)16-20-44(39)55/h7-27H,1-5H3. The van der Waals surface area contributed by atoms with Crippen LogP contribution in [-0.2, 0) is 6.18 Å². The van der Waals surface area contributed by atoms with Crippen molar-refractivity contribution in [3.05, 3.63) is 172 Å². The summed E-state index contributed by atoms with van der Waals surface area (Å²) in [6, 6.07) is 41.4. The summed E-state index contributed by atoms with van der Waals surface area (Å²) >= 11 is 0. The maximum atomic E-state index is 14.5. The Morgan fingerprint density at radius 3 is 1.35 bits per heavy atom. The molecule has 0 saturated carbocycles. The van der Waals surface area contributed by atoms with Crippen LogP contribution in [0.25, 0.3) is 82.1 Å². The van der Waals surface area contributed by atoms with E-state index in [1.54, 1.807) is 6.92 Å². The molecule has 2 aromatic heterocycles. The second kappa shape index (κ2) is 12.5. The zero-order valence-electron chi connectivity index (χ0n) is 31.1. The highest BCUT2D eigenvalue weighted by Gasteiger charge is 2.32. The summed E-state index contributed by atoms with van der Waals surface area (Å²) in [4.78, 5) is 4.13. The first-order valence-corrected chi connectivity index (χ1v) is 18.3. The molecule has 7 aromatic carbocycles. The fraction of sp³-hybridized carbons (Fsp3) is 0.122. The molecule has 6 heteroatoms. The number of hydrogen-bond acceptors (Lipinski definition) is 0. The normalized spacial score (nSPS) is 12.0. The van der Waals surface area contributed by atoms with Crippen molar-refractivity contribution >= 4 is 49.3 Å². The molecule has 2 heterocycles. The Balaban J connectivity index is 1.49. The minimum atomic E-state index is -4.54. The van der Waals surface area contributed by atoms with Gasteiger partial charge in [-0.2, -0.15) is 13.2 Å². The lowest BCUT2D eigenvalue weighted by Gasteiger charge is -2.23. The number of benzene rings is 7. The number of aromatic nitrogens is 2. The first kappa shape index (κ1) is 34.2. The van der Waals surface area contributed by atoms with E-state index in [2.05, 4.69) is 114 Å². The van der Waals surface area contributed by atoms with Gasteiger partial charge in [-0.25, -0.2) is 4.85 Å². The second-order valence-electron chi connectivity index (χ2n) is 14.8. The zero-order chi connectivity index (χ0) is 38.3. The Morgan fingerprint density at radius 1 is 0.473 bits per heavy atom. The molecular formula is C49H36F3N3. The third-order valence-corrected chi connectivity index (χ3v) is 10.8. The third kappa shape index (κ3) is 5.50. The number of alkyl halides is 3. The van der Waals surface area contributed by atoms with E-state index in [1.807, 2.05) is 42.5 Å². The van der Waals surface area contributed by atoms with Crippen LogP contribution in [-0.4, -0.2) is 9.13 Å². The molecule has 0 N–H and O–H groups in total. The minimum Gasteiger partial charge on any atom is -0.310 e. The molecule has 0 bridgehead atoms. The Kier molecular flexibility index (Phi) is 7.77. The van der Waals surface area contributed by atoms with Crippen molar-refractivity contribution in [2.75, 3.05) is 0 Å². The first-order chi connectivity index (χ1) is 26.4. The molecule has 0 aliphatic heterocycles. The lowest BCUT2D eigenvalue weighted by molar-refractivity contribution is -0.137. The van der Waals surface area contributed by atoms with Crippen molar-refractivity contribution in [3.8, 4) is 33.6 Å². The van der Waals surface area contributed by atoms with Crippen LogP contribution in [0, 0.1) is 41.2 Å². The van der Waals surface area contributed by atoms with Crippen LogP contribution in [0.3, 0.4) is 0 Å². The molecule has 0 aliphatic rings. The Morgan fingerprint density at radius 2 is 0.909 bits per heavy atom. The Hall–Kier alpha value is -6.58. The molecule has 3 nitrogen and oxygen atoms in total. The summed E-state index contributed by atoms with van der Waals surface area (Å²) in [7, 11) is 0. The van der Waals surface area contributed by atoms with Gasteiger partial charge in [0.2, 0.25) is 0 Å². The van der Waals surface area contributed by atoms with Crippen molar-refractivity contribution in [2.45, 2.75) is 40.8 Å². The van der Waals surface area contributed by atoms with Gasteiger partial charge in [0, 0.05) is 38.4 Å². The summed E-state index contributed by atoms with van der Waals surface area (Å²) in [6.45, 7) is 18.6. The number of rotatable bonds is 4. The number of nitrogens with zero attached hydrogens (tertiary/aromatic N) is 3. The van der Waals surface area contributed by atoms with E-state index >= 15 is 0 Å². The van der Waals surface area contributed by atoms with Gasteiger partial charge >= 0.3 is 6.18 Å². The van der Waals surface area contributed by atoms with E-state index in [1.165, 1.54) is 12.1 Å². The molecule has 0 atom stereocenters. The Bertz CT molecular complexity index is 2980. The van der Waals surface area contributed by atoms with Crippen molar-refractivity contribution in [3.63, 3.8) is 0 Å². The van der Waals surface area contributed by atoms with Gasteiger partial charge in [0.05, 0.1) is 39.9 Å². The summed E-state index contributed by atoms with van der Waals surface area (Å²) in [6.07, 6.45) is -4.54. The highest BCUT2D eigenvalue weighted by Crippen LogP contribution is 2.49. The van der Waals surface area contributed by atoms with E-state index < -0.39 is 11.7 Å². The molecule has 0 amide bonds. The quantitative estimate of drug-likeness (QED) is 0.161. The SMILES string of the molecule is [C-]#[N+]c1cccc(-n2c3ccc(C)cc3c3cc(C)ccc32)c1-c1c(-c2cc(C)cc(C(F)(F)F)c2)cccc1-n1c2ccc(C)cc2c2cc(C)ccc21. The van der Waals surface area contributed by atoms with Crippen LogP contribution in [0.1, 0.15) is 33.4 Å². The predicted octanol–water partition coefficient (Wildman–Crippen LogP) is 14.3. The summed E-state index contributed by atoms with van der Waals surface area (Å²) in [5, 5.41) is 4.34. The molecule has 9 aromatic rings. The van der Waals surface area contributed by atoms with E-state index in [0.29, 0.717) is 33.5 Å². The number of halogens is 3. The van der Waals surface area contributed by atoms with Crippen molar-refractivity contribution in [1.82, 2.24) is 9.13 Å². The van der Waals surface area contributed by atoms with Gasteiger partial charge in [0.15, 0.2) is 5.69 Å². The maximum absolute atomic E-state index is 14.5. The molecule has 0 fully saturated rings. The first-order valence-electron chi connectivity index (χ1n) is 18.3. The smallest absolute Gasteiger partial charge is 0.310 e. The van der Waals surface area contributed by atoms with Gasteiger partial charge in [0.1, 0.15) is 0 Å². The Labute approximate surface area is 317 Å². The van der Waals surface area contributed by atoms with Gasteiger partial charge in [-0.3, -0.25) is 0 Å². The minimum absolute atomic E-state index is 0.400. The van der Waals surface area contributed by atoms with E-state index in [-0.39, 0.29) is 0 Å². The predicted molar refractivity (Wildman–Crippen MR) is 221 cm³/mol. The summed E-state index contributed by atoms with van der Waals surface area (Å²) in [5.74, 6) is 0. The van der Waals surface area contributed by atoms with Crippen molar-refractivity contribution in [2.24, 2.45) is 0 Å². The fourth-order valence-corrected chi connectivity index (χ4v) is 8.42. The molecule has 0 radical (unpaired) electrons. The summed E-state index contributed by atoms with van der Waals surface area (Å²) < 4.78 is 47.9. The topological polar surface area (TPSA) is 14.2 Å². The molecule has 0 unspecified atom stereocenters. The zero-order valence-corrected chi connectivity index (χ0v) is 31.1. The van der Waals surface area contributed by atoms with E-state index in [4.69, 9.17) is 6.57 Å². The van der Waals surface area contributed by atoms with Crippen LogP contribution < -0.4 is 0 Å². The van der Waals surface area contributed by atoms with Gasteiger partial charge in [-0.05, 0) is 124 Å². The van der Waals surface area contributed by atoms with Crippen LogP contribution in [0.4, 0.5) is 18.9 Å². The van der Waals surface area contributed by atoms with Gasteiger partial charge < -0.3 is 9.13 Å². The molecule has 55 heavy (non-hydrogen) atoms. The van der Waals surface area contributed by atoms with Crippen LogP contribution in [0.15, 0.2) is 127 Å². The molecule has 0 aliphatic carbocycles. The van der Waals surface area contributed by atoms with E-state index in [9.17, 15) is 13.2 Å². The van der Waals surface area contributed by atoms with Gasteiger partial charge in [0.25, 0.3) is 0 Å². The maximum Gasteiger partial charge on any atom is 0.416 e. The molecule has 9 rings (SSSR count). The fourth-order valence-electron chi connectivity index (χ4n) is 8.42. The van der Waals surface area contributed by atoms with Gasteiger partial charge in [-0.15, -0.1) is 0 Å². The number of hydrogen-bond donors (Lipinski definition) is 0. The van der Waals surface area contributed by atoms with Crippen molar-refractivity contribution in [1.29, 1.82) is 0 Å². The number of aryl methyl sites for hydroxylation is 5. The molecule has 0 saturated heterocycles. The largest absolute Gasteiger partial charge is 0.416 e. The summed E-state index contributed by atoms with van der Waals surface area (Å²) in [5.41, 5.74) is 12.5. The van der Waals surface area contributed by atoms with Crippen molar-refractivity contribution < 1.29 is 13.2 Å². The third-order valence-electron chi connectivity index (χ3n) is 10.8. The average molecular weight is 724 g/mol. The highest BCUT2D eigenvalue weighted by atomic mass is 19.4. The molecule has 268 valence electrons. The highest BCUT2D eigenvalue weighted by molar-refractivity contribution is 6.13.